The van der Waals surface area contributed by atoms with Crippen LogP contribution in [0.4, 0.5) is 0 Å². The van der Waals surface area contributed by atoms with Gasteiger partial charge in [0.25, 0.3) is 0 Å². The number of hydrogen-bond donors (Lipinski definition) is 0. The van der Waals surface area contributed by atoms with Gasteiger partial charge in [0.1, 0.15) is 11.9 Å². The molecular formula is C15H19IO2. The van der Waals surface area contributed by atoms with Gasteiger partial charge in [-0.1, -0.05) is 18.9 Å². The molecule has 0 bridgehead atoms. The molecule has 1 atom stereocenters. The van der Waals surface area contributed by atoms with Gasteiger partial charge in [-0.15, -0.1) is 0 Å². The predicted molar refractivity (Wildman–Crippen MR) is 80.0 cm³/mol. The van der Waals surface area contributed by atoms with Crippen LogP contribution in [0.3, 0.4) is 0 Å². The van der Waals surface area contributed by atoms with Gasteiger partial charge in [0.2, 0.25) is 0 Å². The second-order valence-corrected chi connectivity index (χ2v) is 6.67. The van der Waals surface area contributed by atoms with Crippen molar-refractivity contribution in [1.82, 2.24) is 0 Å². The maximum Gasteiger partial charge on any atom is 0.120 e. The van der Waals surface area contributed by atoms with Crippen LogP contribution in [0.1, 0.15) is 38.5 Å². The largest absolute Gasteiger partial charge is 0.490 e. The van der Waals surface area contributed by atoms with Gasteiger partial charge in [-0.05, 0) is 53.6 Å². The minimum atomic E-state index is 0.144. The van der Waals surface area contributed by atoms with Gasteiger partial charge in [0, 0.05) is 16.4 Å². The monoisotopic (exact) mass is 358 g/mol. The molecule has 1 heterocycles. The molecule has 1 aliphatic carbocycles. The third-order valence-electron chi connectivity index (χ3n) is 4.06. The highest BCUT2D eigenvalue weighted by molar-refractivity contribution is 14.1. The molecule has 2 aliphatic rings. The van der Waals surface area contributed by atoms with E-state index in [0.29, 0.717) is 6.10 Å². The Bertz CT molecular complexity index is 413. The zero-order chi connectivity index (χ0) is 12.4. The van der Waals surface area contributed by atoms with E-state index in [1.165, 1.54) is 29.3 Å². The van der Waals surface area contributed by atoms with Crippen LogP contribution >= 0.6 is 22.6 Å². The van der Waals surface area contributed by atoms with Crippen LogP contribution in [0.25, 0.3) is 0 Å². The van der Waals surface area contributed by atoms with Gasteiger partial charge in [-0.2, -0.15) is 0 Å². The predicted octanol–water partition coefficient (Wildman–Crippen LogP) is 4.16. The van der Waals surface area contributed by atoms with Crippen LogP contribution in [0.5, 0.6) is 5.75 Å². The minimum Gasteiger partial charge on any atom is -0.490 e. The Morgan fingerprint density at radius 1 is 1.28 bits per heavy atom. The van der Waals surface area contributed by atoms with Crippen molar-refractivity contribution in [2.24, 2.45) is 0 Å². The summed E-state index contributed by atoms with van der Waals surface area (Å²) in [7, 11) is 0. The minimum absolute atomic E-state index is 0.144. The van der Waals surface area contributed by atoms with Gasteiger partial charge in [-0.3, -0.25) is 0 Å². The molecular weight excluding hydrogens is 339 g/mol. The highest BCUT2D eigenvalue weighted by Crippen LogP contribution is 2.40. The van der Waals surface area contributed by atoms with Gasteiger partial charge in [0.15, 0.2) is 0 Å². The summed E-state index contributed by atoms with van der Waals surface area (Å²) in [4.78, 5) is 0. The van der Waals surface area contributed by atoms with E-state index < -0.39 is 0 Å². The number of halogens is 1. The van der Waals surface area contributed by atoms with Crippen LogP contribution in [0, 0.1) is 3.57 Å². The summed E-state index contributed by atoms with van der Waals surface area (Å²) < 4.78 is 13.4. The number of rotatable bonds is 2. The molecule has 1 saturated carbocycles. The Morgan fingerprint density at radius 3 is 2.89 bits per heavy atom. The lowest BCUT2D eigenvalue weighted by Gasteiger charge is -2.38. The summed E-state index contributed by atoms with van der Waals surface area (Å²) in [6.45, 7) is 0.856. The third kappa shape index (κ3) is 2.82. The molecule has 0 N–H and O–H groups in total. The molecule has 0 radical (unpaired) electrons. The van der Waals surface area contributed by atoms with Crippen molar-refractivity contribution >= 4 is 22.6 Å². The van der Waals surface area contributed by atoms with Crippen molar-refractivity contribution in [3.8, 4) is 5.75 Å². The van der Waals surface area contributed by atoms with E-state index in [9.17, 15) is 0 Å². The molecule has 1 unspecified atom stereocenters. The van der Waals surface area contributed by atoms with Crippen LogP contribution in [-0.2, 0) is 4.74 Å². The fourth-order valence-corrected chi connectivity index (χ4v) is 3.70. The fourth-order valence-electron chi connectivity index (χ4n) is 3.18. The molecule has 98 valence electrons. The summed E-state index contributed by atoms with van der Waals surface area (Å²) in [6, 6.07) is 8.31. The average molecular weight is 358 g/mol. The van der Waals surface area contributed by atoms with Crippen LogP contribution in [-0.4, -0.2) is 18.3 Å². The van der Waals surface area contributed by atoms with E-state index in [2.05, 4.69) is 46.9 Å². The van der Waals surface area contributed by atoms with Crippen molar-refractivity contribution < 1.29 is 9.47 Å². The van der Waals surface area contributed by atoms with Crippen molar-refractivity contribution in [1.29, 1.82) is 0 Å². The topological polar surface area (TPSA) is 18.5 Å². The Labute approximate surface area is 122 Å². The summed E-state index contributed by atoms with van der Waals surface area (Å²) in [5.74, 6) is 1.00. The van der Waals surface area contributed by atoms with Crippen LogP contribution < -0.4 is 4.74 Å². The Morgan fingerprint density at radius 2 is 2.11 bits per heavy atom. The number of ether oxygens (including phenoxy) is 2. The molecule has 3 heteroatoms. The second-order valence-electron chi connectivity index (χ2n) is 5.43. The lowest BCUT2D eigenvalue weighted by atomic mass is 9.90. The Kier molecular flexibility index (Phi) is 3.80. The first kappa shape index (κ1) is 12.7. The SMILES string of the molecule is Ic1cccc(OC2CCOC3(CCCC3)C2)c1. The highest BCUT2D eigenvalue weighted by Gasteiger charge is 2.40. The summed E-state index contributed by atoms with van der Waals surface area (Å²) in [6.07, 6.45) is 7.49. The first-order valence-corrected chi connectivity index (χ1v) is 7.90. The molecule has 1 aliphatic heterocycles. The molecule has 0 amide bonds. The summed E-state index contributed by atoms with van der Waals surface area (Å²) in [5.41, 5.74) is 0.144. The van der Waals surface area contributed by atoms with Gasteiger partial charge in [0.05, 0.1) is 12.2 Å². The van der Waals surface area contributed by atoms with Gasteiger partial charge >= 0.3 is 0 Å². The van der Waals surface area contributed by atoms with E-state index in [-0.39, 0.29) is 5.60 Å². The van der Waals surface area contributed by atoms with Crippen LogP contribution in [0.2, 0.25) is 0 Å². The van der Waals surface area contributed by atoms with Gasteiger partial charge < -0.3 is 9.47 Å². The molecule has 2 fully saturated rings. The Balaban J connectivity index is 1.66. The molecule has 1 spiro atoms. The first-order chi connectivity index (χ1) is 8.76. The smallest absolute Gasteiger partial charge is 0.120 e. The molecule has 3 rings (SSSR count). The van der Waals surface area contributed by atoms with E-state index >= 15 is 0 Å². The maximum absolute atomic E-state index is 6.14. The zero-order valence-corrected chi connectivity index (χ0v) is 12.7. The maximum atomic E-state index is 6.14. The van der Waals surface area contributed by atoms with Crippen molar-refractivity contribution in [2.45, 2.75) is 50.2 Å². The van der Waals surface area contributed by atoms with Gasteiger partial charge in [-0.25, -0.2) is 0 Å². The summed E-state index contributed by atoms with van der Waals surface area (Å²) >= 11 is 2.33. The lowest BCUT2D eigenvalue weighted by Crippen LogP contribution is -2.41. The molecule has 1 aromatic rings. The molecule has 18 heavy (non-hydrogen) atoms. The van der Waals surface area contributed by atoms with E-state index in [1.54, 1.807) is 0 Å². The lowest BCUT2D eigenvalue weighted by molar-refractivity contribution is -0.108. The standard InChI is InChI=1S/C15H19IO2/c16-12-4-3-5-13(10-12)18-14-6-9-17-15(11-14)7-1-2-8-15/h3-5,10,14H,1-2,6-9,11H2. The van der Waals surface area contributed by atoms with E-state index in [1.807, 2.05) is 0 Å². The quantitative estimate of drug-likeness (QED) is 0.739. The number of benzene rings is 1. The molecule has 0 aromatic heterocycles. The molecule has 1 saturated heterocycles. The van der Waals surface area contributed by atoms with Crippen molar-refractivity contribution in [3.05, 3.63) is 27.8 Å². The normalized spacial score (nSPS) is 26.4. The summed E-state index contributed by atoms with van der Waals surface area (Å²) in [5, 5.41) is 0. The first-order valence-electron chi connectivity index (χ1n) is 6.82. The highest BCUT2D eigenvalue weighted by atomic mass is 127. The van der Waals surface area contributed by atoms with E-state index in [4.69, 9.17) is 9.47 Å². The Hall–Kier alpha value is -0.290. The number of hydrogen-bond acceptors (Lipinski definition) is 2. The second kappa shape index (κ2) is 5.37. The molecule has 2 nitrogen and oxygen atoms in total. The zero-order valence-electron chi connectivity index (χ0n) is 10.5. The van der Waals surface area contributed by atoms with Crippen molar-refractivity contribution in [3.63, 3.8) is 0 Å². The van der Waals surface area contributed by atoms with Crippen LogP contribution in [0.15, 0.2) is 24.3 Å². The molecule has 1 aromatic carbocycles. The fraction of sp³-hybridized carbons (Fsp3) is 0.600. The van der Waals surface area contributed by atoms with Crippen molar-refractivity contribution in [2.75, 3.05) is 6.61 Å². The average Bonchev–Trinajstić information content (AvgIpc) is 2.77. The third-order valence-corrected chi connectivity index (χ3v) is 4.73. The van der Waals surface area contributed by atoms with E-state index in [0.717, 1.165) is 25.2 Å².